The van der Waals surface area contributed by atoms with Crippen molar-refractivity contribution in [2.24, 2.45) is 0 Å². The molecule has 1 aliphatic heterocycles. The van der Waals surface area contributed by atoms with E-state index in [-0.39, 0.29) is 12.0 Å². The number of epoxide rings is 1. The summed E-state index contributed by atoms with van der Waals surface area (Å²) >= 11 is 0. The molecule has 1 saturated heterocycles. The molecule has 1 aromatic rings. The minimum absolute atomic E-state index is 0.136. The van der Waals surface area contributed by atoms with Crippen molar-refractivity contribution in [3.63, 3.8) is 0 Å². The Morgan fingerprint density at radius 2 is 2.15 bits per heavy atom. The van der Waals surface area contributed by atoms with Crippen molar-refractivity contribution in [2.45, 2.75) is 26.4 Å². The van der Waals surface area contributed by atoms with Crippen molar-refractivity contribution in [2.75, 3.05) is 19.8 Å². The van der Waals surface area contributed by atoms with Gasteiger partial charge in [-0.1, -0.05) is 18.7 Å². The molecule has 4 nitrogen and oxygen atoms in total. The molecule has 108 valence electrons. The lowest BCUT2D eigenvalue weighted by Gasteiger charge is -2.13. The lowest BCUT2D eigenvalue weighted by molar-refractivity contribution is -0.116. The molecule has 0 spiro atoms. The van der Waals surface area contributed by atoms with E-state index < -0.39 is 0 Å². The molecule has 0 aliphatic carbocycles. The summed E-state index contributed by atoms with van der Waals surface area (Å²) in [5.74, 6) is 0.808. The topological polar surface area (TPSA) is 50.9 Å². The summed E-state index contributed by atoms with van der Waals surface area (Å²) in [5.41, 5.74) is 3.44. The average molecular weight is 275 g/mol. The molecular formula is C16H21NO3. The number of hydrogen-bond donors (Lipinski definition) is 1. The Morgan fingerprint density at radius 3 is 2.70 bits per heavy atom. The van der Waals surface area contributed by atoms with Crippen LogP contribution in [0.5, 0.6) is 5.75 Å². The van der Waals surface area contributed by atoms with Gasteiger partial charge in [-0.25, -0.2) is 0 Å². The molecule has 1 aromatic carbocycles. The predicted molar refractivity (Wildman–Crippen MR) is 78.1 cm³/mol. The third-order valence-corrected chi connectivity index (χ3v) is 3.23. The maximum atomic E-state index is 11.1. The van der Waals surface area contributed by atoms with E-state index in [0.717, 1.165) is 29.9 Å². The summed E-state index contributed by atoms with van der Waals surface area (Å²) in [7, 11) is 0. The van der Waals surface area contributed by atoms with Crippen LogP contribution in [0.25, 0.3) is 0 Å². The van der Waals surface area contributed by atoms with Gasteiger partial charge < -0.3 is 14.8 Å². The summed E-state index contributed by atoms with van der Waals surface area (Å²) in [4.78, 5) is 11.1. The number of carbonyl (C=O) groups is 1. The molecule has 1 amide bonds. The minimum atomic E-state index is -0.136. The van der Waals surface area contributed by atoms with Gasteiger partial charge in [0.2, 0.25) is 5.91 Å². The molecule has 2 rings (SSSR count). The molecule has 0 bridgehead atoms. The van der Waals surface area contributed by atoms with Gasteiger partial charge in [0.05, 0.1) is 6.61 Å². The third kappa shape index (κ3) is 4.10. The molecular weight excluding hydrogens is 254 g/mol. The standard InChI is InChI=1S/C16H21NO3/c1-4-15(18)17-6-5-13-7-11(2)16(12(3)8-13)20-10-14-9-19-14/h4,7-8,14H,1,5-6,9-10H2,2-3H3,(H,17,18). The van der Waals surface area contributed by atoms with E-state index in [1.165, 1.54) is 11.6 Å². The highest BCUT2D eigenvalue weighted by molar-refractivity contribution is 5.86. The van der Waals surface area contributed by atoms with E-state index in [1.807, 2.05) is 13.8 Å². The van der Waals surface area contributed by atoms with Crippen LogP contribution in [-0.4, -0.2) is 31.8 Å². The SMILES string of the molecule is C=CC(=O)NCCc1cc(C)c(OCC2CO2)c(C)c1. The van der Waals surface area contributed by atoms with Gasteiger partial charge in [-0.2, -0.15) is 0 Å². The Kier molecular flexibility index (Phi) is 4.79. The van der Waals surface area contributed by atoms with Gasteiger partial charge in [0.15, 0.2) is 0 Å². The first-order valence-corrected chi connectivity index (χ1v) is 6.85. The van der Waals surface area contributed by atoms with Crippen LogP contribution in [0.15, 0.2) is 24.8 Å². The number of carbonyl (C=O) groups excluding carboxylic acids is 1. The van der Waals surface area contributed by atoms with Crippen molar-refractivity contribution < 1.29 is 14.3 Å². The molecule has 0 saturated carbocycles. The van der Waals surface area contributed by atoms with Gasteiger partial charge in [0.25, 0.3) is 0 Å². The van der Waals surface area contributed by atoms with Crippen molar-refractivity contribution >= 4 is 5.91 Å². The zero-order chi connectivity index (χ0) is 14.5. The quantitative estimate of drug-likeness (QED) is 0.611. The van der Waals surface area contributed by atoms with E-state index in [9.17, 15) is 4.79 Å². The number of amides is 1. The summed E-state index contributed by atoms with van der Waals surface area (Å²) in [6.07, 6.45) is 2.35. The monoisotopic (exact) mass is 275 g/mol. The molecule has 0 aromatic heterocycles. The summed E-state index contributed by atoms with van der Waals surface area (Å²) in [6.45, 7) is 9.55. The van der Waals surface area contributed by atoms with Gasteiger partial charge in [-0.15, -0.1) is 0 Å². The van der Waals surface area contributed by atoms with Crippen molar-refractivity contribution in [1.82, 2.24) is 5.32 Å². The summed E-state index contributed by atoms with van der Waals surface area (Å²) in [6, 6.07) is 4.21. The zero-order valence-corrected chi connectivity index (χ0v) is 12.1. The number of benzene rings is 1. The molecule has 20 heavy (non-hydrogen) atoms. The molecule has 1 atom stereocenters. The molecule has 1 N–H and O–H groups in total. The second-order valence-electron chi connectivity index (χ2n) is 5.07. The number of hydrogen-bond acceptors (Lipinski definition) is 3. The first-order chi connectivity index (χ1) is 9.60. The Hall–Kier alpha value is -1.81. The van der Waals surface area contributed by atoms with Gasteiger partial charge in [0, 0.05) is 6.54 Å². The van der Waals surface area contributed by atoms with Crippen LogP contribution in [-0.2, 0) is 16.0 Å². The van der Waals surface area contributed by atoms with Crippen LogP contribution in [0.2, 0.25) is 0 Å². The van der Waals surface area contributed by atoms with Crippen molar-refractivity contribution in [3.05, 3.63) is 41.5 Å². The van der Waals surface area contributed by atoms with Crippen LogP contribution in [0.1, 0.15) is 16.7 Å². The average Bonchev–Trinajstić information content (AvgIpc) is 3.21. The molecule has 1 fully saturated rings. The van der Waals surface area contributed by atoms with E-state index >= 15 is 0 Å². The van der Waals surface area contributed by atoms with E-state index in [4.69, 9.17) is 9.47 Å². The van der Waals surface area contributed by atoms with Gasteiger partial charge >= 0.3 is 0 Å². The number of aryl methyl sites for hydroxylation is 2. The van der Waals surface area contributed by atoms with E-state index in [1.54, 1.807) is 0 Å². The Labute approximate surface area is 119 Å². The Bertz CT molecular complexity index is 483. The lowest BCUT2D eigenvalue weighted by Crippen LogP contribution is -2.23. The van der Waals surface area contributed by atoms with Crippen LogP contribution in [0.3, 0.4) is 0 Å². The molecule has 1 unspecified atom stereocenters. The normalized spacial score (nSPS) is 16.6. The van der Waals surface area contributed by atoms with Gasteiger partial charge in [0.1, 0.15) is 18.5 Å². The van der Waals surface area contributed by atoms with Crippen LogP contribution in [0.4, 0.5) is 0 Å². The maximum Gasteiger partial charge on any atom is 0.243 e. The first-order valence-electron chi connectivity index (χ1n) is 6.85. The fraction of sp³-hybridized carbons (Fsp3) is 0.438. The van der Waals surface area contributed by atoms with Crippen molar-refractivity contribution in [3.8, 4) is 5.75 Å². The smallest absolute Gasteiger partial charge is 0.243 e. The Balaban J connectivity index is 1.93. The maximum absolute atomic E-state index is 11.1. The summed E-state index contributed by atoms with van der Waals surface area (Å²) in [5, 5.41) is 2.78. The number of ether oxygens (including phenoxy) is 2. The van der Waals surface area contributed by atoms with Gasteiger partial charge in [-0.3, -0.25) is 4.79 Å². The van der Waals surface area contributed by atoms with Crippen molar-refractivity contribution in [1.29, 1.82) is 0 Å². The largest absolute Gasteiger partial charge is 0.490 e. The second kappa shape index (κ2) is 6.57. The number of nitrogens with one attached hydrogen (secondary N) is 1. The predicted octanol–water partition coefficient (Wildman–Crippen LogP) is 1.93. The highest BCUT2D eigenvalue weighted by Gasteiger charge is 2.23. The molecule has 1 heterocycles. The summed E-state index contributed by atoms with van der Waals surface area (Å²) < 4.78 is 10.9. The van der Waals surface area contributed by atoms with Crippen LogP contribution < -0.4 is 10.1 Å². The highest BCUT2D eigenvalue weighted by Crippen LogP contribution is 2.26. The molecule has 0 radical (unpaired) electrons. The number of rotatable bonds is 7. The third-order valence-electron chi connectivity index (χ3n) is 3.23. The lowest BCUT2D eigenvalue weighted by atomic mass is 10.0. The highest BCUT2D eigenvalue weighted by atomic mass is 16.6. The van der Waals surface area contributed by atoms with E-state index in [0.29, 0.717) is 13.2 Å². The van der Waals surface area contributed by atoms with E-state index in [2.05, 4.69) is 24.0 Å². The Morgan fingerprint density at radius 1 is 1.50 bits per heavy atom. The second-order valence-corrected chi connectivity index (χ2v) is 5.07. The first kappa shape index (κ1) is 14.6. The van der Waals surface area contributed by atoms with Crippen LogP contribution in [0, 0.1) is 13.8 Å². The minimum Gasteiger partial charge on any atom is -0.490 e. The zero-order valence-electron chi connectivity index (χ0n) is 12.1. The fourth-order valence-corrected chi connectivity index (χ4v) is 2.15. The van der Waals surface area contributed by atoms with Crippen LogP contribution >= 0.6 is 0 Å². The molecule has 1 aliphatic rings. The fourth-order valence-electron chi connectivity index (χ4n) is 2.15. The van der Waals surface area contributed by atoms with Gasteiger partial charge in [-0.05, 0) is 43.0 Å². The molecule has 4 heteroatoms.